The molecule has 0 aromatic rings. The third kappa shape index (κ3) is 3.01. The van der Waals surface area contributed by atoms with Crippen LogP contribution in [0.15, 0.2) is 0 Å². The van der Waals surface area contributed by atoms with Gasteiger partial charge in [-0.25, -0.2) is 8.42 Å². The zero-order chi connectivity index (χ0) is 14.8. The van der Waals surface area contributed by atoms with Gasteiger partial charge in [-0.15, -0.1) is 0 Å². The number of carbonyl (C=O) groups excluding carboxylic acids is 1. The lowest BCUT2D eigenvalue weighted by Gasteiger charge is -2.43. The van der Waals surface area contributed by atoms with Crippen molar-refractivity contribution >= 4 is 15.7 Å². The summed E-state index contributed by atoms with van der Waals surface area (Å²) in [6, 6.07) is 0. The Morgan fingerprint density at radius 1 is 1.25 bits per heavy atom. The van der Waals surface area contributed by atoms with E-state index >= 15 is 0 Å². The minimum absolute atomic E-state index is 0.135. The summed E-state index contributed by atoms with van der Waals surface area (Å²) < 4.78 is 24.1. The highest BCUT2D eigenvalue weighted by Crippen LogP contribution is 2.33. The molecule has 5 nitrogen and oxygen atoms in total. The van der Waals surface area contributed by atoms with Gasteiger partial charge in [0.1, 0.15) is 5.25 Å². The summed E-state index contributed by atoms with van der Waals surface area (Å²) in [5.74, 6) is 0.108. The first-order valence-corrected chi connectivity index (χ1v) is 9.36. The highest BCUT2D eigenvalue weighted by molar-refractivity contribution is 7.92. The molecule has 2 aliphatic rings. The van der Waals surface area contributed by atoms with Crippen molar-refractivity contribution in [1.82, 2.24) is 5.32 Å². The van der Waals surface area contributed by atoms with Crippen LogP contribution in [0.5, 0.6) is 0 Å². The molecule has 1 aliphatic heterocycles. The van der Waals surface area contributed by atoms with Gasteiger partial charge in [-0.3, -0.25) is 4.79 Å². The Labute approximate surface area is 121 Å². The van der Waals surface area contributed by atoms with E-state index in [0.29, 0.717) is 25.3 Å². The molecule has 0 aromatic heterocycles. The van der Waals surface area contributed by atoms with Crippen LogP contribution in [0.3, 0.4) is 0 Å². The maximum atomic E-state index is 12.4. The Morgan fingerprint density at radius 2 is 1.95 bits per heavy atom. The van der Waals surface area contributed by atoms with Crippen molar-refractivity contribution in [3.8, 4) is 0 Å². The molecule has 2 rings (SSSR count). The minimum atomic E-state index is -3.28. The lowest BCUT2D eigenvalue weighted by atomic mass is 9.73. The second kappa shape index (κ2) is 6.02. The Hall–Kier alpha value is -0.620. The first kappa shape index (κ1) is 15.8. The van der Waals surface area contributed by atoms with Gasteiger partial charge in [0.25, 0.3) is 0 Å². The number of hydrogen-bond acceptors (Lipinski definition) is 4. The number of carbonyl (C=O) groups is 1. The van der Waals surface area contributed by atoms with Crippen molar-refractivity contribution in [2.75, 3.05) is 12.3 Å². The Morgan fingerprint density at radius 3 is 2.55 bits per heavy atom. The van der Waals surface area contributed by atoms with Crippen LogP contribution in [0.25, 0.3) is 0 Å². The van der Waals surface area contributed by atoms with Gasteiger partial charge >= 0.3 is 0 Å². The Bertz CT molecular complexity index is 463. The van der Waals surface area contributed by atoms with Crippen molar-refractivity contribution in [3.63, 3.8) is 0 Å². The molecule has 0 spiro atoms. The molecule has 20 heavy (non-hydrogen) atoms. The van der Waals surface area contributed by atoms with E-state index in [-0.39, 0.29) is 11.7 Å². The number of nitrogens with one attached hydrogen (secondary N) is 1. The molecule has 116 valence electrons. The summed E-state index contributed by atoms with van der Waals surface area (Å²) in [7, 11) is -3.28. The molecular formula is C14H26N2O3S. The first-order chi connectivity index (χ1) is 9.41. The number of amides is 1. The quantitative estimate of drug-likeness (QED) is 0.813. The molecule has 2 fully saturated rings. The van der Waals surface area contributed by atoms with E-state index in [2.05, 4.69) is 12.2 Å². The van der Waals surface area contributed by atoms with Crippen LogP contribution in [-0.4, -0.2) is 37.4 Å². The molecule has 1 amide bonds. The van der Waals surface area contributed by atoms with Crippen LogP contribution < -0.4 is 11.1 Å². The molecule has 6 heteroatoms. The maximum absolute atomic E-state index is 12.4. The molecule has 1 saturated carbocycles. The van der Waals surface area contributed by atoms with Gasteiger partial charge in [-0.2, -0.15) is 0 Å². The molecule has 3 atom stereocenters. The Balaban J connectivity index is 2.13. The maximum Gasteiger partial charge on any atom is 0.238 e. The largest absolute Gasteiger partial charge is 0.348 e. The molecule has 1 saturated heterocycles. The third-order valence-electron chi connectivity index (χ3n) is 5.06. The van der Waals surface area contributed by atoms with Gasteiger partial charge in [0.15, 0.2) is 9.84 Å². The molecule has 0 aromatic carbocycles. The highest BCUT2D eigenvalue weighted by Gasteiger charge is 2.42. The average molecular weight is 302 g/mol. The van der Waals surface area contributed by atoms with Crippen molar-refractivity contribution in [1.29, 1.82) is 0 Å². The molecule has 0 radical (unpaired) electrons. The van der Waals surface area contributed by atoms with Gasteiger partial charge in [0.2, 0.25) is 5.91 Å². The lowest BCUT2D eigenvalue weighted by molar-refractivity contribution is -0.123. The monoisotopic (exact) mass is 302 g/mol. The van der Waals surface area contributed by atoms with Gasteiger partial charge in [0.05, 0.1) is 11.3 Å². The fourth-order valence-corrected chi connectivity index (χ4v) is 5.33. The van der Waals surface area contributed by atoms with Crippen molar-refractivity contribution in [3.05, 3.63) is 0 Å². The van der Waals surface area contributed by atoms with E-state index in [0.717, 1.165) is 32.1 Å². The van der Waals surface area contributed by atoms with E-state index in [1.807, 2.05) is 0 Å². The van der Waals surface area contributed by atoms with Gasteiger partial charge in [-0.1, -0.05) is 26.2 Å². The Kier molecular flexibility index (Phi) is 4.74. The fourth-order valence-electron chi connectivity index (χ4n) is 3.53. The SMILES string of the molecule is CC1CCCCC1(CN)NC(=O)C1CCCCS1(=O)=O. The molecular weight excluding hydrogens is 276 g/mol. The second-order valence-electron chi connectivity index (χ2n) is 6.35. The summed E-state index contributed by atoms with van der Waals surface area (Å²) in [5, 5.41) is 2.15. The van der Waals surface area contributed by atoms with Crippen LogP contribution in [-0.2, 0) is 14.6 Å². The predicted octanol–water partition coefficient (Wildman–Crippen LogP) is 0.978. The normalized spacial score (nSPS) is 37.3. The van der Waals surface area contributed by atoms with Crippen LogP contribution in [0.1, 0.15) is 51.9 Å². The highest BCUT2D eigenvalue weighted by atomic mass is 32.2. The second-order valence-corrected chi connectivity index (χ2v) is 8.65. The smallest absolute Gasteiger partial charge is 0.238 e. The summed E-state index contributed by atoms with van der Waals surface area (Å²) in [6.07, 6.45) is 6.01. The molecule has 1 heterocycles. The van der Waals surface area contributed by atoms with Crippen LogP contribution in [0.4, 0.5) is 0 Å². The van der Waals surface area contributed by atoms with Gasteiger partial charge < -0.3 is 11.1 Å². The van der Waals surface area contributed by atoms with Crippen molar-refractivity contribution in [2.24, 2.45) is 11.7 Å². The van der Waals surface area contributed by atoms with Crippen molar-refractivity contribution < 1.29 is 13.2 Å². The van der Waals surface area contributed by atoms with Crippen LogP contribution in [0.2, 0.25) is 0 Å². The van der Waals surface area contributed by atoms with Crippen LogP contribution in [0, 0.1) is 5.92 Å². The zero-order valence-corrected chi connectivity index (χ0v) is 13.0. The summed E-state index contributed by atoms with van der Waals surface area (Å²) in [5.41, 5.74) is 5.50. The molecule has 3 unspecified atom stereocenters. The average Bonchev–Trinajstić information content (AvgIpc) is 2.41. The van der Waals surface area contributed by atoms with Crippen molar-refractivity contribution in [2.45, 2.75) is 62.7 Å². The van der Waals surface area contributed by atoms with E-state index in [9.17, 15) is 13.2 Å². The van der Waals surface area contributed by atoms with E-state index < -0.39 is 20.6 Å². The van der Waals surface area contributed by atoms with E-state index in [1.165, 1.54) is 0 Å². The molecule has 0 bridgehead atoms. The standard InChI is InChI=1S/C14H26N2O3S/c1-11-6-2-4-8-14(11,10-15)16-13(17)12-7-3-5-9-20(12,18)19/h11-12H,2-10,15H2,1H3,(H,16,17). The fraction of sp³-hybridized carbons (Fsp3) is 0.929. The zero-order valence-electron chi connectivity index (χ0n) is 12.2. The predicted molar refractivity (Wildman–Crippen MR) is 79.0 cm³/mol. The number of rotatable bonds is 3. The number of sulfone groups is 1. The molecule has 1 aliphatic carbocycles. The summed E-state index contributed by atoms with van der Waals surface area (Å²) in [6.45, 7) is 2.48. The lowest BCUT2D eigenvalue weighted by Crippen LogP contribution is -2.61. The van der Waals surface area contributed by atoms with E-state index in [1.54, 1.807) is 0 Å². The first-order valence-electron chi connectivity index (χ1n) is 7.65. The minimum Gasteiger partial charge on any atom is -0.348 e. The number of nitrogens with two attached hydrogens (primary N) is 1. The summed E-state index contributed by atoms with van der Waals surface area (Å²) >= 11 is 0. The molecule has 3 N–H and O–H groups in total. The van der Waals surface area contributed by atoms with E-state index in [4.69, 9.17) is 5.73 Å². The third-order valence-corrected chi connectivity index (χ3v) is 7.24. The summed E-state index contributed by atoms with van der Waals surface area (Å²) in [4.78, 5) is 12.4. The number of hydrogen-bond donors (Lipinski definition) is 2. The van der Waals surface area contributed by atoms with Gasteiger partial charge in [-0.05, 0) is 31.6 Å². The topological polar surface area (TPSA) is 89.3 Å². The van der Waals surface area contributed by atoms with Gasteiger partial charge in [0, 0.05) is 6.54 Å². The van der Waals surface area contributed by atoms with Crippen LogP contribution >= 0.6 is 0 Å².